The maximum atomic E-state index is 13.8. The molecule has 2 aromatic carbocycles. The number of aryl methyl sites for hydroxylation is 4. The standard InChI is InChI=1S/C27H26N2O4S/c1-13(2)32-19-9-7-18(8-10-19)23-22-24(30)20-11-14(3)15(4)12-21(20)33-25(22)26(31)29(23)27-28-16(5)17(6)34-27/h7-13,23H,1-6H3. The molecule has 5 rings (SSSR count). The first-order valence-corrected chi connectivity index (χ1v) is 12.1. The van der Waals surface area contributed by atoms with Gasteiger partial charge in [-0.15, -0.1) is 11.3 Å². The number of nitrogens with zero attached hydrogens (tertiary/aromatic N) is 2. The van der Waals surface area contributed by atoms with Crippen molar-refractivity contribution < 1.29 is 13.9 Å². The number of hydrogen-bond donors (Lipinski definition) is 0. The van der Waals surface area contributed by atoms with Gasteiger partial charge in [0.25, 0.3) is 5.91 Å². The molecule has 0 fully saturated rings. The maximum Gasteiger partial charge on any atom is 0.297 e. The smallest absolute Gasteiger partial charge is 0.297 e. The zero-order chi connectivity index (χ0) is 24.3. The summed E-state index contributed by atoms with van der Waals surface area (Å²) in [5.74, 6) is 0.458. The lowest BCUT2D eigenvalue weighted by atomic mass is 9.97. The van der Waals surface area contributed by atoms with Crippen molar-refractivity contribution in [2.45, 2.75) is 53.7 Å². The molecule has 0 radical (unpaired) electrons. The first-order valence-electron chi connectivity index (χ1n) is 11.3. The summed E-state index contributed by atoms with van der Waals surface area (Å²) in [6, 6.07) is 10.6. The predicted octanol–water partition coefficient (Wildman–Crippen LogP) is 6.02. The monoisotopic (exact) mass is 474 g/mol. The summed E-state index contributed by atoms with van der Waals surface area (Å²) in [5.41, 5.74) is 4.24. The fourth-order valence-electron chi connectivity index (χ4n) is 4.30. The van der Waals surface area contributed by atoms with Gasteiger partial charge in [-0.25, -0.2) is 4.98 Å². The van der Waals surface area contributed by atoms with E-state index in [9.17, 15) is 9.59 Å². The number of fused-ring (bicyclic) bond motifs is 2. The van der Waals surface area contributed by atoms with Crippen molar-refractivity contribution in [3.05, 3.63) is 85.2 Å². The van der Waals surface area contributed by atoms with Gasteiger partial charge in [-0.2, -0.15) is 0 Å². The Morgan fingerprint density at radius 1 is 1.03 bits per heavy atom. The van der Waals surface area contributed by atoms with E-state index in [1.54, 1.807) is 4.90 Å². The van der Waals surface area contributed by atoms with Crippen molar-refractivity contribution in [3.8, 4) is 5.75 Å². The van der Waals surface area contributed by atoms with Gasteiger partial charge in [-0.3, -0.25) is 14.5 Å². The summed E-state index contributed by atoms with van der Waals surface area (Å²) in [5, 5.41) is 1.03. The molecule has 0 saturated carbocycles. The number of carbonyl (C=O) groups excluding carboxylic acids is 1. The Bertz CT molecular complexity index is 1480. The summed E-state index contributed by atoms with van der Waals surface area (Å²) in [6.45, 7) is 11.7. The van der Waals surface area contributed by atoms with E-state index in [0.717, 1.165) is 33.0 Å². The Hall–Kier alpha value is -3.45. The molecule has 4 aromatic rings. The van der Waals surface area contributed by atoms with Crippen LogP contribution in [0.1, 0.15) is 63.3 Å². The Labute approximate surface area is 201 Å². The molecule has 3 heterocycles. The van der Waals surface area contributed by atoms with Gasteiger partial charge >= 0.3 is 0 Å². The molecule has 34 heavy (non-hydrogen) atoms. The van der Waals surface area contributed by atoms with Gasteiger partial charge < -0.3 is 9.15 Å². The fraction of sp³-hybridized carbons (Fsp3) is 0.296. The van der Waals surface area contributed by atoms with E-state index in [4.69, 9.17) is 9.15 Å². The van der Waals surface area contributed by atoms with Crippen LogP contribution in [0.25, 0.3) is 11.0 Å². The highest BCUT2D eigenvalue weighted by Gasteiger charge is 2.45. The van der Waals surface area contributed by atoms with Crippen LogP contribution < -0.4 is 15.1 Å². The molecule has 1 aliphatic rings. The second-order valence-corrected chi connectivity index (χ2v) is 10.2. The van der Waals surface area contributed by atoms with E-state index >= 15 is 0 Å². The second kappa shape index (κ2) is 8.09. The number of benzene rings is 2. The Morgan fingerprint density at radius 3 is 2.32 bits per heavy atom. The highest BCUT2D eigenvalue weighted by atomic mass is 32.1. The first-order chi connectivity index (χ1) is 16.2. The summed E-state index contributed by atoms with van der Waals surface area (Å²) in [7, 11) is 0. The quantitative estimate of drug-likeness (QED) is 0.362. The van der Waals surface area contributed by atoms with Gasteiger partial charge in [0.1, 0.15) is 11.3 Å². The lowest BCUT2D eigenvalue weighted by molar-refractivity contribution is 0.0971. The van der Waals surface area contributed by atoms with Gasteiger partial charge in [-0.05, 0) is 82.5 Å². The summed E-state index contributed by atoms with van der Waals surface area (Å²) < 4.78 is 11.9. The third kappa shape index (κ3) is 3.51. The van der Waals surface area contributed by atoms with Gasteiger partial charge in [-0.1, -0.05) is 12.1 Å². The van der Waals surface area contributed by atoms with Gasteiger partial charge in [0, 0.05) is 4.88 Å². The molecular formula is C27H26N2O4S. The van der Waals surface area contributed by atoms with E-state index in [-0.39, 0.29) is 23.2 Å². The number of anilines is 1. The van der Waals surface area contributed by atoms with Gasteiger partial charge in [0.15, 0.2) is 10.6 Å². The molecule has 2 aromatic heterocycles. The average molecular weight is 475 g/mol. The zero-order valence-electron chi connectivity index (χ0n) is 20.1. The van der Waals surface area contributed by atoms with Gasteiger partial charge in [0.2, 0.25) is 5.76 Å². The van der Waals surface area contributed by atoms with E-state index in [0.29, 0.717) is 21.7 Å². The minimum atomic E-state index is -0.636. The van der Waals surface area contributed by atoms with Crippen molar-refractivity contribution in [2.75, 3.05) is 4.90 Å². The molecule has 1 unspecified atom stereocenters. The van der Waals surface area contributed by atoms with Crippen LogP contribution in [0.5, 0.6) is 5.75 Å². The highest BCUT2D eigenvalue weighted by Crippen LogP contribution is 2.43. The molecule has 0 saturated heterocycles. The van der Waals surface area contributed by atoms with Crippen LogP contribution in [0.4, 0.5) is 5.13 Å². The van der Waals surface area contributed by atoms with Crippen molar-refractivity contribution in [2.24, 2.45) is 0 Å². The number of thiazole rings is 1. The molecule has 0 N–H and O–H groups in total. The van der Waals surface area contributed by atoms with Crippen LogP contribution >= 0.6 is 11.3 Å². The van der Waals surface area contributed by atoms with Crippen LogP contribution in [0.2, 0.25) is 0 Å². The topological polar surface area (TPSA) is 72.6 Å². The molecule has 1 atom stereocenters. The van der Waals surface area contributed by atoms with Crippen LogP contribution in [0.3, 0.4) is 0 Å². The lowest BCUT2D eigenvalue weighted by Gasteiger charge is -2.23. The largest absolute Gasteiger partial charge is 0.491 e. The third-order valence-electron chi connectivity index (χ3n) is 6.28. The van der Waals surface area contributed by atoms with Crippen molar-refractivity contribution in [1.82, 2.24) is 4.98 Å². The molecule has 0 spiro atoms. The number of aromatic nitrogens is 1. The molecule has 0 bridgehead atoms. The average Bonchev–Trinajstić information content (AvgIpc) is 3.26. The molecule has 0 aliphatic carbocycles. The maximum absolute atomic E-state index is 13.8. The molecule has 1 amide bonds. The molecular weight excluding hydrogens is 448 g/mol. The number of ether oxygens (including phenoxy) is 1. The molecule has 1 aliphatic heterocycles. The minimum Gasteiger partial charge on any atom is -0.491 e. The predicted molar refractivity (Wildman–Crippen MR) is 134 cm³/mol. The van der Waals surface area contributed by atoms with Crippen LogP contribution in [0.15, 0.2) is 45.6 Å². The van der Waals surface area contributed by atoms with E-state index < -0.39 is 6.04 Å². The van der Waals surface area contributed by atoms with Crippen molar-refractivity contribution in [1.29, 1.82) is 0 Å². The number of carbonyl (C=O) groups is 1. The van der Waals surface area contributed by atoms with E-state index in [1.807, 2.05) is 77.9 Å². The number of hydrogen-bond acceptors (Lipinski definition) is 6. The normalized spacial score (nSPS) is 15.4. The Balaban J connectivity index is 1.75. The van der Waals surface area contributed by atoms with Crippen LogP contribution in [-0.2, 0) is 0 Å². The van der Waals surface area contributed by atoms with E-state index in [2.05, 4.69) is 4.98 Å². The Morgan fingerprint density at radius 2 is 1.71 bits per heavy atom. The molecule has 174 valence electrons. The van der Waals surface area contributed by atoms with Crippen LogP contribution in [-0.4, -0.2) is 17.0 Å². The summed E-state index contributed by atoms with van der Waals surface area (Å²) in [4.78, 5) is 34.7. The van der Waals surface area contributed by atoms with Crippen molar-refractivity contribution >= 4 is 33.3 Å². The highest BCUT2D eigenvalue weighted by molar-refractivity contribution is 7.15. The third-order valence-corrected chi connectivity index (χ3v) is 7.35. The summed E-state index contributed by atoms with van der Waals surface area (Å²) in [6.07, 6.45) is 0.0440. The second-order valence-electron chi connectivity index (χ2n) is 9.06. The van der Waals surface area contributed by atoms with Gasteiger partial charge in [0.05, 0.1) is 28.8 Å². The number of rotatable bonds is 4. The Kier molecular flexibility index (Phi) is 5.32. The van der Waals surface area contributed by atoms with E-state index in [1.165, 1.54) is 11.3 Å². The lowest BCUT2D eigenvalue weighted by Crippen LogP contribution is -2.29. The number of amides is 1. The van der Waals surface area contributed by atoms with Crippen LogP contribution in [0, 0.1) is 27.7 Å². The summed E-state index contributed by atoms with van der Waals surface area (Å²) >= 11 is 1.44. The first kappa shape index (κ1) is 22.3. The fourth-order valence-corrected chi connectivity index (χ4v) is 5.24. The SMILES string of the molecule is Cc1cc2oc3c(c(=O)c2cc1C)C(c1ccc(OC(C)C)cc1)N(c1nc(C)c(C)s1)C3=O. The minimum absolute atomic E-state index is 0.0440. The zero-order valence-corrected chi connectivity index (χ0v) is 20.9. The van der Waals surface area contributed by atoms with Crippen molar-refractivity contribution in [3.63, 3.8) is 0 Å². The molecule has 7 heteroatoms. The molecule has 6 nitrogen and oxygen atoms in total.